The summed E-state index contributed by atoms with van der Waals surface area (Å²) in [6.07, 6.45) is 5.24. The van der Waals surface area contributed by atoms with Gasteiger partial charge in [0.05, 0.1) is 18.2 Å². The van der Waals surface area contributed by atoms with Crippen molar-refractivity contribution in [1.29, 1.82) is 0 Å². The molecule has 0 atom stereocenters. The average molecular weight is 366 g/mol. The number of aromatic nitrogens is 3. The second kappa shape index (κ2) is 6.90. The number of rotatable bonds is 7. The lowest BCUT2D eigenvalue weighted by molar-refractivity contribution is -0.123. The third kappa shape index (κ3) is 3.32. The number of hydrogen-bond acceptors (Lipinski definition) is 5. The maximum atomic E-state index is 12.7. The Balaban J connectivity index is 1.44. The number of nitrogens with one attached hydrogen (secondary N) is 1. The van der Waals surface area contributed by atoms with E-state index >= 15 is 0 Å². The largest absolute Gasteiger partial charge is 0.497 e. The summed E-state index contributed by atoms with van der Waals surface area (Å²) >= 11 is 0. The quantitative estimate of drug-likeness (QED) is 0.695. The van der Waals surface area contributed by atoms with E-state index in [0.717, 1.165) is 30.0 Å². The highest BCUT2D eigenvalue weighted by Crippen LogP contribution is 2.48. The summed E-state index contributed by atoms with van der Waals surface area (Å²) < 4.78 is 12.8. The van der Waals surface area contributed by atoms with Crippen molar-refractivity contribution in [3.63, 3.8) is 0 Å². The topological polar surface area (TPSA) is 82.2 Å². The number of ether oxygens (including phenoxy) is 1. The highest BCUT2D eigenvalue weighted by Gasteiger charge is 2.53. The molecule has 1 saturated carbocycles. The Bertz CT molecular complexity index is 956. The van der Waals surface area contributed by atoms with Gasteiger partial charge in [0.1, 0.15) is 11.6 Å². The van der Waals surface area contributed by atoms with E-state index in [9.17, 15) is 4.79 Å². The smallest absolute Gasteiger partial charge is 0.232 e. The van der Waals surface area contributed by atoms with Crippen molar-refractivity contribution in [3.8, 4) is 17.1 Å². The number of methoxy groups -OCH3 is 1. The van der Waals surface area contributed by atoms with E-state index in [1.54, 1.807) is 13.3 Å². The molecule has 0 aliphatic heterocycles. The van der Waals surface area contributed by atoms with E-state index in [-0.39, 0.29) is 5.91 Å². The maximum absolute atomic E-state index is 12.7. The molecule has 1 amide bonds. The third-order valence-corrected chi connectivity index (χ3v) is 5.10. The normalized spacial score (nSPS) is 14.7. The molecule has 140 valence electrons. The van der Waals surface area contributed by atoms with Gasteiger partial charge in [0.2, 0.25) is 5.91 Å². The number of nitrogens with zero attached hydrogens (tertiary/aromatic N) is 3. The Kier molecular flexibility index (Phi) is 4.43. The van der Waals surface area contributed by atoms with Gasteiger partial charge >= 0.3 is 0 Å². The number of hydrogen-bond donors (Lipinski definition) is 1. The molecule has 0 spiro atoms. The second-order valence-electron chi connectivity index (χ2n) is 6.81. The second-order valence-corrected chi connectivity index (χ2v) is 6.81. The van der Waals surface area contributed by atoms with Gasteiger partial charge < -0.3 is 19.1 Å². The Morgan fingerprint density at radius 2 is 2.22 bits per heavy atom. The van der Waals surface area contributed by atoms with Crippen LogP contribution in [0.25, 0.3) is 11.3 Å². The zero-order valence-corrected chi connectivity index (χ0v) is 15.4. The van der Waals surface area contributed by atoms with Crippen molar-refractivity contribution in [2.24, 2.45) is 0 Å². The molecular weight excluding hydrogens is 344 g/mol. The first kappa shape index (κ1) is 17.3. The molecule has 7 nitrogen and oxygen atoms in total. The molecule has 1 aliphatic rings. The Morgan fingerprint density at radius 1 is 1.37 bits per heavy atom. The number of benzene rings is 1. The molecule has 0 bridgehead atoms. The summed E-state index contributed by atoms with van der Waals surface area (Å²) in [6, 6.07) is 9.45. The molecule has 27 heavy (non-hydrogen) atoms. The molecule has 0 radical (unpaired) electrons. The molecule has 7 heteroatoms. The van der Waals surface area contributed by atoms with Crippen molar-refractivity contribution in [2.45, 2.75) is 31.7 Å². The van der Waals surface area contributed by atoms with E-state index in [1.165, 1.54) is 0 Å². The molecule has 3 aromatic rings. The van der Waals surface area contributed by atoms with Crippen LogP contribution in [0.4, 0.5) is 0 Å². The predicted molar refractivity (Wildman–Crippen MR) is 99.4 cm³/mol. The standard InChI is InChI=1S/C20H22N4O3/c1-14-21-8-10-24(14)11-9-22-19(25)20(6-7-20)18-13-17(27-23-18)15-4-3-5-16(12-15)26-2/h3-5,8,10,12-13H,6-7,9,11H2,1-2H3,(H,22,25). The van der Waals surface area contributed by atoms with Crippen LogP contribution >= 0.6 is 0 Å². The molecular formula is C20H22N4O3. The van der Waals surface area contributed by atoms with Crippen molar-refractivity contribution in [2.75, 3.05) is 13.7 Å². The molecule has 2 aromatic heterocycles. The number of amides is 1. The number of carbonyl (C=O) groups is 1. The van der Waals surface area contributed by atoms with Crippen molar-refractivity contribution in [1.82, 2.24) is 20.0 Å². The van der Waals surface area contributed by atoms with E-state index in [0.29, 0.717) is 24.5 Å². The Labute approximate surface area is 157 Å². The lowest BCUT2D eigenvalue weighted by atomic mass is 10.0. The molecule has 1 fully saturated rings. The average Bonchev–Trinajstić information content (AvgIpc) is 3.16. The van der Waals surface area contributed by atoms with Crippen LogP contribution in [0.15, 0.2) is 47.2 Å². The van der Waals surface area contributed by atoms with Crippen LogP contribution in [0, 0.1) is 6.92 Å². The van der Waals surface area contributed by atoms with Crippen LogP contribution in [-0.2, 0) is 16.8 Å². The zero-order chi connectivity index (χ0) is 18.9. The van der Waals surface area contributed by atoms with E-state index in [4.69, 9.17) is 9.26 Å². The van der Waals surface area contributed by atoms with Crippen LogP contribution in [0.2, 0.25) is 0 Å². The van der Waals surface area contributed by atoms with Crippen LogP contribution in [0.3, 0.4) is 0 Å². The van der Waals surface area contributed by atoms with E-state index in [1.807, 2.05) is 48.0 Å². The third-order valence-electron chi connectivity index (χ3n) is 5.10. The fourth-order valence-corrected chi connectivity index (χ4v) is 3.24. The van der Waals surface area contributed by atoms with Gasteiger partial charge in [0.15, 0.2) is 5.76 Å². The first-order valence-electron chi connectivity index (χ1n) is 9.00. The van der Waals surface area contributed by atoms with Crippen LogP contribution in [-0.4, -0.2) is 34.3 Å². The molecule has 0 saturated heterocycles. The summed E-state index contributed by atoms with van der Waals surface area (Å²) in [5.41, 5.74) is 1.00. The molecule has 1 aliphatic carbocycles. The van der Waals surface area contributed by atoms with Gasteiger partial charge in [-0.25, -0.2) is 4.98 Å². The number of carbonyl (C=O) groups excluding carboxylic acids is 1. The highest BCUT2D eigenvalue weighted by atomic mass is 16.5. The molecule has 4 rings (SSSR count). The summed E-state index contributed by atoms with van der Waals surface area (Å²) in [7, 11) is 1.62. The lowest BCUT2D eigenvalue weighted by Crippen LogP contribution is -2.36. The van der Waals surface area contributed by atoms with Crippen LogP contribution in [0.1, 0.15) is 24.4 Å². The van der Waals surface area contributed by atoms with Gasteiger partial charge in [-0.05, 0) is 31.9 Å². The lowest BCUT2D eigenvalue weighted by Gasteiger charge is -2.13. The van der Waals surface area contributed by atoms with Crippen LogP contribution in [0.5, 0.6) is 5.75 Å². The van der Waals surface area contributed by atoms with Gasteiger partial charge in [-0.1, -0.05) is 17.3 Å². The van der Waals surface area contributed by atoms with Gasteiger partial charge in [0, 0.05) is 37.1 Å². The number of aryl methyl sites for hydroxylation is 1. The van der Waals surface area contributed by atoms with Crippen molar-refractivity contribution in [3.05, 3.63) is 54.2 Å². The first-order chi connectivity index (χ1) is 13.1. The molecule has 1 N–H and O–H groups in total. The summed E-state index contributed by atoms with van der Waals surface area (Å²) in [6.45, 7) is 3.19. The monoisotopic (exact) mass is 366 g/mol. The van der Waals surface area contributed by atoms with E-state index < -0.39 is 5.41 Å². The minimum absolute atomic E-state index is 0.00533. The van der Waals surface area contributed by atoms with Gasteiger partial charge in [0.25, 0.3) is 0 Å². The summed E-state index contributed by atoms with van der Waals surface area (Å²) in [4.78, 5) is 16.9. The maximum Gasteiger partial charge on any atom is 0.232 e. The molecule has 0 unspecified atom stereocenters. The van der Waals surface area contributed by atoms with Gasteiger partial charge in [-0.3, -0.25) is 4.79 Å². The van der Waals surface area contributed by atoms with E-state index in [2.05, 4.69) is 15.5 Å². The number of imidazole rings is 1. The van der Waals surface area contributed by atoms with Crippen molar-refractivity contribution < 1.29 is 14.1 Å². The zero-order valence-electron chi connectivity index (χ0n) is 15.4. The first-order valence-corrected chi connectivity index (χ1v) is 9.00. The predicted octanol–water partition coefficient (Wildman–Crippen LogP) is 2.70. The minimum Gasteiger partial charge on any atom is -0.497 e. The minimum atomic E-state index is -0.565. The van der Waals surface area contributed by atoms with Gasteiger partial charge in [-0.2, -0.15) is 0 Å². The Morgan fingerprint density at radius 3 is 2.93 bits per heavy atom. The molecule has 1 aromatic carbocycles. The molecule has 2 heterocycles. The SMILES string of the molecule is COc1cccc(-c2cc(C3(C(=O)NCCn4ccnc4C)CC3)no2)c1. The van der Waals surface area contributed by atoms with Crippen LogP contribution < -0.4 is 10.1 Å². The van der Waals surface area contributed by atoms with Crippen molar-refractivity contribution >= 4 is 5.91 Å². The summed E-state index contributed by atoms with van der Waals surface area (Å²) in [5.74, 6) is 2.33. The fraction of sp³-hybridized carbons (Fsp3) is 0.350. The summed E-state index contributed by atoms with van der Waals surface area (Å²) in [5, 5.41) is 7.21. The van der Waals surface area contributed by atoms with Gasteiger partial charge in [-0.15, -0.1) is 0 Å². The Hall–Kier alpha value is -3.09. The highest BCUT2D eigenvalue weighted by molar-refractivity contribution is 5.91. The fourth-order valence-electron chi connectivity index (χ4n) is 3.24.